The first-order valence-electron chi connectivity index (χ1n) is 8.16. The third-order valence-electron chi connectivity index (χ3n) is 4.08. The van der Waals surface area contributed by atoms with Crippen LogP contribution in [0.25, 0.3) is 0 Å². The summed E-state index contributed by atoms with van der Waals surface area (Å²) >= 11 is 0. The molecule has 0 spiro atoms. The normalized spacial score (nSPS) is 17.1. The molecular weight excluding hydrogens is 276 g/mol. The predicted octanol–water partition coefficient (Wildman–Crippen LogP) is 2.04. The second kappa shape index (κ2) is 8.08. The van der Waals surface area contributed by atoms with Crippen molar-refractivity contribution in [2.45, 2.75) is 32.6 Å². The third kappa shape index (κ3) is 5.91. The highest BCUT2D eigenvalue weighted by molar-refractivity contribution is 6.88. The summed E-state index contributed by atoms with van der Waals surface area (Å²) in [5, 5.41) is 5.09. The topological polar surface area (TPSA) is 24.5 Å². The van der Waals surface area contributed by atoms with E-state index < -0.39 is 8.07 Å². The van der Waals surface area contributed by atoms with E-state index in [4.69, 9.17) is 4.74 Å². The lowest BCUT2D eigenvalue weighted by atomic mass is 10.2. The van der Waals surface area contributed by atoms with Crippen molar-refractivity contribution in [3.63, 3.8) is 0 Å². The molecule has 2 rings (SSSR count). The van der Waals surface area contributed by atoms with Gasteiger partial charge in [0.05, 0.1) is 21.3 Å². The molecule has 21 heavy (non-hydrogen) atoms. The fourth-order valence-electron chi connectivity index (χ4n) is 2.61. The van der Waals surface area contributed by atoms with Gasteiger partial charge in [0.1, 0.15) is 0 Å². The number of nitrogens with one attached hydrogen (secondary N) is 1. The largest absolute Gasteiger partial charge is 0.379 e. The molecule has 1 heterocycles. The molecule has 1 fully saturated rings. The molecule has 1 N–H and O–H groups in total. The predicted molar refractivity (Wildman–Crippen MR) is 93.0 cm³/mol. The van der Waals surface area contributed by atoms with Crippen molar-refractivity contribution in [2.24, 2.45) is 0 Å². The van der Waals surface area contributed by atoms with Crippen LogP contribution in [-0.2, 0) is 11.3 Å². The van der Waals surface area contributed by atoms with Gasteiger partial charge in [0, 0.05) is 19.6 Å². The second-order valence-electron chi connectivity index (χ2n) is 6.93. The van der Waals surface area contributed by atoms with Crippen LogP contribution in [0.2, 0.25) is 19.6 Å². The van der Waals surface area contributed by atoms with Crippen molar-refractivity contribution in [1.29, 1.82) is 0 Å². The lowest BCUT2D eigenvalue weighted by Crippen LogP contribution is -2.37. The molecule has 1 saturated heterocycles. The lowest BCUT2D eigenvalue weighted by Gasteiger charge is -2.26. The lowest BCUT2D eigenvalue weighted by molar-refractivity contribution is 0.0374. The molecular formula is C17H30N2OSi. The van der Waals surface area contributed by atoms with Crippen LogP contribution in [0.1, 0.15) is 12.0 Å². The highest BCUT2D eigenvalue weighted by Crippen LogP contribution is 2.04. The van der Waals surface area contributed by atoms with Crippen LogP contribution in [0.5, 0.6) is 0 Å². The van der Waals surface area contributed by atoms with Crippen molar-refractivity contribution in [3.05, 3.63) is 29.8 Å². The molecule has 0 saturated carbocycles. The molecule has 1 aromatic rings. The van der Waals surface area contributed by atoms with E-state index in [9.17, 15) is 0 Å². The molecule has 0 unspecified atom stereocenters. The Hall–Kier alpha value is -0.683. The van der Waals surface area contributed by atoms with Gasteiger partial charge < -0.3 is 10.1 Å². The molecule has 3 nitrogen and oxygen atoms in total. The summed E-state index contributed by atoms with van der Waals surface area (Å²) in [4.78, 5) is 2.49. The van der Waals surface area contributed by atoms with E-state index >= 15 is 0 Å². The minimum Gasteiger partial charge on any atom is -0.379 e. The summed E-state index contributed by atoms with van der Waals surface area (Å²) < 4.78 is 5.36. The summed E-state index contributed by atoms with van der Waals surface area (Å²) in [6.07, 6.45) is 1.22. The Kier molecular flexibility index (Phi) is 6.42. The van der Waals surface area contributed by atoms with Crippen LogP contribution < -0.4 is 10.5 Å². The molecule has 0 aromatic heterocycles. The number of hydrogen-bond donors (Lipinski definition) is 1. The highest BCUT2D eigenvalue weighted by Gasteiger charge is 2.15. The Morgan fingerprint density at radius 1 is 1.10 bits per heavy atom. The van der Waals surface area contributed by atoms with E-state index in [-0.39, 0.29) is 0 Å². The summed E-state index contributed by atoms with van der Waals surface area (Å²) in [5.74, 6) is 0. The van der Waals surface area contributed by atoms with E-state index in [0.29, 0.717) is 0 Å². The van der Waals surface area contributed by atoms with Gasteiger partial charge in [-0.05, 0) is 25.1 Å². The van der Waals surface area contributed by atoms with E-state index in [1.165, 1.54) is 18.5 Å². The van der Waals surface area contributed by atoms with Crippen molar-refractivity contribution in [3.8, 4) is 0 Å². The molecule has 1 aromatic carbocycles. The fourth-order valence-corrected chi connectivity index (χ4v) is 3.77. The Labute approximate surface area is 130 Å². The molecule has 0 radical (unpaired) electrons. The Morgan fingerprint density at radius 3 is 2.38 bits per heavy atom. The van der Waals surface area contributed by atoms with Gasteiger partial charge in [-0.1, -0.05) is 49.1 Å². The molecule has 0 amide bonds. The molecule has 4 heteroatoms. The molecule has 118 valence electrons. The average molecular weight is 307 g/mol. The van der Waals surface area contributed by atoms with Gasteiger partial charge in [0.25, 0.3) is 0 Å². The maximum atomic E-state index is 5.36. The van der Waals surface area contributed by atoms with E-state index in [1.54, 1.807) is 5.19 Å². The number of morpholine rings is 1. The SMILES string of the molecule is C[Si](C)(C)c1ccc(CNCCCN2CCOCC2)cc1. The Bertz CT molecular complexity index is 408. The van der Waals surface area contributed by atoms with Gasteiger partial charge >= 0.3 is 0 Å². The van der Waals surface area contributed by atoms with Crippen LogP contribution in [0, 0.1) is 0 Å². The number of ether oxygens (including phenoxy) is 1. The zero-order valence-electron chi connectivity index (χ0n) is 13.8. The Morgan fingerprint density at radius 2 is 1.76 bits per heavy atom. The smallest absolute Gasteiger partial charge is 0.0775 e. The van der Waals surface area contributed by atoms with Crippen LogP contribution in [0.3, 0.4) is 0 Å². The molecule has 0 bridgehead atoms. The second-order valence-corrected chi connectivity index (χ2v) is 12.0. The summed E-state index contributed by atoms with van der Waals surface area (Å²) in [6, 6.07) is 9.19. The third-order valence-corrected chi connectivity index (χ3v) is 6.15. The van der Waals surface area contributed by atoms with Gasteiger partial charge in [-0.3, -0.25) is 4.90 Å². The molecule has 0 aliphatic carbocycles. The van der Waals surface area contributed by atoms with Crippen LogP contribution in [0.15, 0.2) is 24.3 Å². The van der Waals surface area contributed by atoms with Gasteiger partial charge in [0.15, 0.2) is 0 Å². The van der Waals surface area contributed by atoms with Crippen molar-refractivity contribution in [2.75, 3.05) is 39.4 Å². The zero-order chi connectivity index (χ0) is 15.1. The monoisotopic (exact) mass is 306 g/mol. The first-order chi connectivity index (χ1) is 10.1. The number of benzene rings is 1. The Balaban J connectivity index is 1.62. The van der Waals surface area contributed by atoms with Gasteiger partial charge in [0.2, 0.25) is 0 Å². The fraction of sp³-hybridized carbons (Fsp3) is 0.647. The number of nitrogens with zero attached hydrogens (tertiary/aromatic N) is 1. The van der Waals surface area contributed by atoms with Crippen LogP contribution >= 0.6 is 0 Å². The zero-order valence-corrected chi connectivity index (χ0v) is 14.8. The molecule has 1 aliphatic rings. The average Bonchev–Trinajstić information content (AvgIpc) is 2.47. The summed E-state index contributed by atoms with van der Waals surface area (Å²) in [6.45, 7) is 14.4. The van der Waals surface area contributed by atoms with Gasteiger partial charge in [-0.2, -0.15) is 0 Å². The van der Waals surface area contributed by atoms with Crippen molar-refractivity contribution in [1.82, 2.24) is 10.2 Å². The van der Waals surface area contributed by atoms with E-state index in [1.807, 2.05) is 0 Å². The van der Waals surface area contributed by atoms with Crippen molar-refractivity contribution < 1.29 is 4.74 Å². The first kappa shape index (κ1) is 16.7. The maximum Gasteiger partial charge on any atom is 0.0775 e. The van der Waals surface area contributed by atoms with Crippen LogP contribution in [-0.4, -0.2) is 52.4 Å². The quantitative estimate of drug-likeness (QED) is 0.616. The standard InChI is InChI=1S/C17H30N2OSi/c1-21(2,3)17-7-5-16(6-8-17)15-18-9-4-10-19-11-13-20-14-12-19/h5-8,18H,4,9-15H2,1-3H3. The van der Waals surface area contributed by atoms with E-state index in [2.05, 4.69) is 54.1 Å². The molecule has 1 aliphatic heterocycles. The summed E-state index contributed by atoms with van der Waals surface area (Å²) in [7, 11) is -1.16. The summed E-state index contributed by atoms with van der Waals surface area (Å²) in [5.41, 5.74) is 1.39. The molecule has 0 atom stereocenters. The minimum absolute atomic E-state index is 0.900. The van der Waals surface area contributed by atoms with Gasteiger partial charge in [-0.15, -0.1) is 0 Å². The highest BCUT2D eigenvalue weighted by atomic mass is 28.3. The first-order valence-corrected chi connectivity index (χ1v) is 11.7. The minimum atomic E-state index is -1.16. The number of hydrogen-bond acceptors (Lipinski definition) is 3. The number of rotatable bonds is 7. The van der Waals surface area contributed by atoms with Crippen LogP contribution in [0.4, 0.5) is 0 Å². The van der Waals surface area contributed by atoms with Crippen molar-refractivity contribution >= 4 is 13.3 Å². The maximum absolute atomic E-state index is 5.36. The van der Waals surface area contributed by atoms with E-state index in [0.717, 1.165) is 39.4 Å². The van der Waals surface area contributed by atoms with Gasteiger partial charge in [-0.25, -0.2) is 0 Å².